The van der Waals surface area contributed by atoms with Gasteiger partial charge in [-0.25, -0.2) is 43.1 Å². The number of imidazole rings is 2. The Hall–Kier alpha value is -8.55. The molecule has 1 aliphatic heterocycles. The van der Waals surface area contributed by atoms with E-state index in [-0.39, 0.29) is 49.1 Å². The molecule has 3 amide bonds. The Kier molecular flexibility index (Phi) is 24.6. The first-order chi connectivity index (χ1) is 49.5. The molecule has 9 fully saturated rings. The maximum atomic E-state index is 13.9. The molecule has 19 nitrogen and oxygen atoms in total. The number of fused-ring (bicyclic) bond motifs is 1. The number of carbonyl (C=O) groups excluding carboxylic acids is 5. The van der Waals surface area contributed by atoms with Crippen molar-refractivity contribution >= 4 is 41.5 Å². The molecule has 2 aromatic heterocycles. The van der Waals surface area contributed by atoms with Crippen LogP contribution in [-0.4, -0.2) is 141 Å². The van der Waals surface area contributed by atoms with Crippen molar-refractivity contribution in [2.45, 2.75) is 239 Å². The largest absolute Gasteiger partial charge is 0.444 e. The van der Waals surface area contributed by atoms with Crippen molar-refractivity contribution in [2.24, 2.45) is 35.5 Å². The van der Waals surface area contributed by atoms with E-state index in [2.05, 4.69) is 15.2 Å². The van der Waals surface area contributed by atoms with E-state index in [0.717, 1.165) is 93.0 Å². The zero-order valence-electron chi connectivity index (χ0n) is 64.8. The summed E-state index contributed by atoms with van der Waals surface area (Å²) in [4.78, 5) is 76.0. The Morgan fingerprint density at radius 3 is 1.24 bits per heavy atom. The lowest BCUT2D eigenvalue weighted by molar-refractivity contribution is -0.168. The molecule has 8 bridgehead atoms. The highest BCUT2D eigenvalue weighted by Gasteiger charge is 2.64. The van der Waals surface area contributed by atoms with Crippen LogP contribution in [0.2, 0.25) is 0 Å². The van der Waals surface area contributed by atoms with Crippen molar-refractivity contribution in [3.63, 3.8) is 0 Å². The van der Waals surface area contributed by atoms with Gasteiger partial charge in [-0.15, -0.1) is 0 Å². The van der Waals surface area contributed by atoms with Gasteiger partial charge in [0.1, 0.15) is 28.0 Å². The van der Waals surface area contributed by atoms with Crippen LogP contribution in [0.15, 0.2) is 146 Å². The van der Waals surface area contributed by atoms with Gasteiger partial charge >= 0.3 is 30.5 Å². The second-order valence-electron chi connectivity index (χ2n) is 35.1. The van der Waals surface area contributed by atoms with Gasteiger partial charge in [0.2, 0.25) is 0 Å². The van der Waals surface area contributed by atoms with E-state index in [4.69, 9.17) is 38.9 Å². The summed E-state index contributed by atoms with van der Waals surface area (Å²) in [5, 5.41) is 19.8. The first kappa shape index (κ1) is 79.0. The number of aliphatic hydroxyl groups is 2. The van der Waals surface area contributed by atoms with Crippen LogP contribution < -0.4 is 5.32 Å². The van der Waals surface area contributed by atoms with Crippen molar-refractivity contribution in [3.8, 4) is 45.3 Å². The lowest BCUT2D eigenvalue weighted by Crippen LogP contribution is -2.72. The standard InChI is InChI=1S/C26H24N2O2.C25H39NO2.C18H18N2O2.C10H19NO3.C7H15NO3/c1-26(2,3)30-25(29)28-23(20-15-9-5-10-16-20)22(19-13-7-4-8-14-19)27-24(28)21-17-11-6-12-18-21;1-23(2,3)28-22(27)26(24-10-16-4-17(11-24)6-18(5-16)12-24)25-13-19-7-20(14-25)9-21(8-19)15-25;1-18(2,3)22-17(21)20-15-12-8-7-11-14(15)19-16(20)13-9-5-4-6-10-13;1-10(2,3)14-9(13)11-6-4-5-8(11)7-12;1-7(2,3)11-6(10)8-4-5-9/h4-18H,1-3H3;16-21H,4-15H2,1-3H3;4-12H,1-3H3;8,12H,4-7H2,1-3H3;9H,4-5H2,1-3H3,(H,8,10). The molecular formula is C86H115N7O12. The maximum Gasteiger partial charge on any atom is 0.420 e. The Bertz CT molecular complexity index is 3950. The third kappa shape index (κ3) is 20.5. The van der Waals surface area contributed by atoms with E-state index in [0.29, 0.717) is 18.2 Å². The molecule has 8 aliphatic carbocycles. The van der Waals surface area contributed by atoms with Gasteiger partial charge in [0, 0.05) is 46.4 Å². The molecule has 1 atom stereocenters. The van der Waals surface area contributed by atoms with E-state index in [1.54, 1.807) is 30.2 Å². The topological polar surface area (TPSA) is 226 Å². The van der Waals surface area contributed by atoms with Gasteiger partial charge in [0.15, 0.2) is 11.6 Å². The number of rotatable bonds is 9. The number of amides is 3. The van der Waals surface area contributed by atoms with Crippen molar-refractivity contribution < 1.29 is 57.9 Å². The first-order valence-corrected chi connectivity index (χ1v) is 38.0. The van der Waals surface area contributed by atoms with E-state index in [1.165, 1.54) is 81.6 Å². The number of hydrogen-bond acceptors (Lipinski definition) is 14. The Balaban J connectivity index is 0.000000147. The quantitative estimate of drug-likeness (QED) is 0.114. The second-order valence-corrected chi connectivity index (χ2v) is 35.1. The van der Waals surface area contributed by atoms with Crippen molar-refractivity contribution in [1.82, 2.24) is 34.2 Å². The molecule has 7 aromatic rings. The fourth-order valence-corrected chi connectivity index (χ4v) is 17.6. The van der Waals surface area contributed by atoms with Crippen LogP contribution in [-0.2, 0) is 23.7 Å². The molecule has 105 heavy (non-hydrogen) atoms. The highest BCUT2D eigenvalue weighted by molar-refractivity contribution is 5.93. The molecule has 0 spiro atoms. The Morgan fingerprint density at radius 1 is 0.457 bits per heavy atom. The number of nitrogens with zero attached hydrogens (tertiary/aromatic N) is 6. The number of carbonyl (C=O) groups is 5. The monoisotopic (exact) mass is 1440 g/mol. The molecule has 1 saturated heterocycles. The number of ether oxygens (including phenoxy) is 5. The van der Waals surface area contributed by atoms with Gasteiger partial charge in [-0.1, -0.05) is 133 Å². The van der Waals surface area contributed by atoms with Crippen molar-refractivity contribution in [3.05, 3.63) is 146 Å². The SMILES string of the molecule is CC(C)(C)OC(=O)N(C12CC3CC(CC(C3)C1)C2)C12CC3CC(CC(C3)C1)C2.CC(C)(C)OC(=O)N1CCCC1CO.CC(C)(C)OC(=O)NCCO.CC(C)(C)OC(=O)n1c(-c2ccccc2)nc(-c2ccccc2)c1-c1ccccc1.CC(C)(C)OC(=O)n1c(-c2ccccc2)nc2ccccc21. The van der Waals surface area contributed by atoms with Gasteiger partial charge < -0.3 is 44.1 Å². The molecule has 5 aromatic carbocycles. The van der Waals surface area contributed by atoms with Crippen LogP contribution in [0.4, 0.5) is 24.0 Å². The molecule has 16 rings (SSSR count). The number of benzene rings is 5. The molecule has 0 radical (unpaired) electrons. The summed E-state index contributed by atoms with van der Waals surface area (Å²) >= 11 is 0. The zero-order valence-corrected chi connectivity index (χ0v) is 64.8. The van der Waals surface area contributed by atoms with E-state index < -0.39 is 46.3 Å². The second kappa shape index (κ2) is 32.7. The van der Waals surface area contributed by atoms with Gasteiger partial charge in [-0.3, -0.25) is 4.90 Å². The number of aliphatic hydroxyl groups excluding tert-OH is 2. The summed E-state index contributed by atoms with van der Waals surface area (Å²) in [5.41, 5.74) is 4.25. The van der Waals surface area contributed by atoms with Gasteiger partial charge in [-0.05, 0) is 241 Å². The lowest BCUT2D eigenvalue weighted by atomic mass is 9.48. The summed E-state index contributed by atoms with van der Waals surface area (Å²) in [6.45, 7) is 29.0. The van der Waals surface area contributed by atoms with Crippen molar-refractivity contribution in [2.75, 3.05) is 26.3 Å². The van der Waals surface area contributed by atoms with E-state index in [9.17, 15) is 24.0 Å². The molecule has 3 N–H and O–H groups in total. The van der Waals surface area contributed by atoms with E-state index in [1.807, 2.05) is 229 Å². The predicted octanol–water partition coefficient (Wildman–Crippen LogP) is 19.2. The van der Waals surface area contributed by atoms with E-state index >= 15 is 0 Å². The minimum Gasteiger partial charge on any atom is -0.444 e. The third-order valence-electron chi connectivity index (χ3n) is 20.3. The highest BCUT2D eigenvalue weighted by Crippen LogP contribution is 2.65. The van der Waals surface area contributed by atoms with Crippen molar-refractivity contribution in [1.29, 1.82) is 0 Å². The minimum absolute atomic E-state index is 0.0270. The zero-order chi connectivity index (χ0) is 75.9. The molecule has 566 valence electrons. The molecule has 8 saturated carbocycles. The average molecular weight is 1440 g/mol. The van der Waals surface area contributed by atoms with Gasteiger partial charge in [0.05, 0.1) is 41.7 Å². The number of nitrogens with one attached hydrogen (secondary N) is 1. The number of hydrogen-bond donors (Lipinski definition) is 3. The summed E-state index contributed by atoms with van der Waals surface area (Å²) in [7, 11) is 0. The molecular weight excluding hydrogens is 1320 g/mol. The normalized spacial score (nSPS) is 23.4. The third-order valence-corrected chi connectivity index (χ3v) is 20.3. The Morgan fingerprint density at radius 2 is 0.829 bits per heavy atom. The molecule has 1 unspecified atom stereocenters. The van der Waals surface area contributed by atoms with Crippen LogP contribution in [0, 0.1) is 35.5 Å². The maximum absolute atomic E-state index is 13.9. The lowest BCUT2D eigenvalue weighted by Gasteiger charge is -2.68. The number of aromatic nitrogens is 4. The summed E-state index contributed by atoms with van der Waals surface area (Å²) in [5.74, 6) is 6.35. The van der Waals surface area contributed by atoms with Gasteiger partial charge in [0.25, 0.3) is 0 Å². The molecule has 9 aliphatic rings. The first-order valence-electron chi connectivity index (χ1n) is 38.0. The summed E-state index contributed by atoms with van der Waals surface area (Å²) in [6.07, 6.45) is 16.4. The number of likely N-dealkylation sites (tertiary alicyclic amines) is 1. The number of alkyl carbamates (subject to hydrolysis) is 1. The minimum atomic E-state index is -0.629. The summed E-state index contributed by atoms with van der Waals surface area (Å²) in [6, 6.07) is 46.6. The smallest absolute Gasteiger partial charge is 0.420 e. The van der Waals surface area contributed by atoms with Crippen LogP contribution in [0.25, 0.3) is 56.3 Å². The van der Waals surface area contributed by atoms with Crippen LogP contribution in [0.5, 0.6) is 0 Å². The fourth-order valence-electron chi connectivity index (χ4n) is 17.6. The average Bonchev–Trinajstić information content (AvgIpc) is 1.47. The van der Waals surface area contributed by atoms with Crippen LogP contribution in [0.3, 0.4) is 0 Å². The summed E-state index contributed by atoms with van der Waals surface area (Å²) < 4.78 is 30.7. The van der Waals surface area contributed by atoms with Crippen LogP contribution in [0.1, 0.15) is 194 Å². The molecule has 19 heteroatoms. The highest BCUT2D eigenvalue weighted by atomic mass is 16.6. The molecule has 3 heterocycles. The Labute approximate surface area is 622 Å². The van der Waals surface area contributed by atoms with Crippen LogP contribution >= 0.6 is 0 Å². The fraction of sp³-hybridized carbons (Fsp3) is 0.547. The number of para-hydroxylation sites is 2. The van der Waals surface area contributed by atoms with Gasteiger partial charge in [-0.2, -0.15) is 0 Å². The predicted molar refractivity (Wildman–Crippen MR) is 411 cm³/mol.